The second kappa shape index (κ2) is 8.04. The molecule has 1 aromatic rings. The van der Waals surface area contributed by atoms with Crippen molar-refractivity contribution in [3.05, 3.63) is 15.6 Å². The molecule has 6 heteroatoms. The molecule has 1 saturated carbocycles. The summed E-state index contributed by atoms with van der Waals surface area (Å²) < 4.78 is 0. The number of nitrogens with one attached hydrogen (secondary N) is 1. The summed E-state index contributed by atoms with van der Waals surface area (Å²) in [5.74, 6) is 0.562. The van der Waals surface area contributed by atoms with Gasteiger partial charge in [-0.15, -0.1) is 35.3 Å². The zero-order chi connectivity index (χ0) is 13.0. The van der Waals surface area contributed by atoms with Gasteiger partial charge in [0, 0.05) is 10.9 Å². The van der Waals surface area contributed by atoms with Crippen LogP contribution < -0.4 is 11.1 Å². The van der Waals surface area contributed by atoms with E-state index in [1.807, 2.05) is 6.92 Å². The van der Waals surface area contributed by atoms with Crippen molar-refractivity contribution in [2.24, 2.45) is 10.7 Å². The molecule has 4 nitrogen and oxygen atoms in total. The van der Waals surface area contributed by atoms with E-state index < -0.39 is 0 Å². The Kier molecular flexibility index (Phi) is 7.06. The molecule has 1 heterocycles. The number of nitrogens with zero attached hydrogens (tertiary/aromatic N) is 2. The maximum absolute atomic E-state index is 5.91. The van der Waals surface area contributed by atoms with Gasteiger partial charge in [-0.05, 0) is 26.7 Å². The van der Waals surface area contributed by atoms with E-state index in [-0.39, 0.29) is 24.0 Å². The number of hydrogen-bond donors (Lipinski definition) is 2. The highest BCUT2D eigenvalue weighted by atomic mass is 127. The number of thiazole rings is 1. The molecule has 0 aliphatic heterocycles. The van der Waals surface area contributed by atoms with Crippen molar-refractivity contribution in [2.75, 3.05) is 0 Å². The zero-order valence-electron chi connectivity index (χ0n) is 11.6. The van der Waals surface area contributed by atoms with Crippen molar-refractivity contribution in [2.45, 2.75) is 58.5 Å². The molecular weight excluding hydrogens is 371 g/mol. The molecule has 1 aliphatic rings. The molecule has 0 radical (unpaired) electrons. The number of aliphatic imine (C=N–C) groups is 1. The fourth-order valence-corrected chi connectivity index (χ4v) is 3.12. The summed E-state index contributed by atoms with van der Waals surface area (Å²) in [5, 5.41) is 4.36. The van der Waals surface area contributed by atoms with Gasteiger partial charge in [-0.3, -0.25) is 0 Å². The quantitative estimate of drug-likeness (QED) is 0.471. The smallest absolute Gasteiger partial charge is 0.189 e. The molecule has 3 N–H and O–H groups in total. The Balaban J connectivity index is 0.00000180. The molecule has 0 saturated heterocycles. The third kappa shape index (κ3) is 5.25. The van der Waals surface area contributed by atoms with E-state index >= 15 is 0 Å². The highest BCUT2D eigenvalue weighted by molar-refractivity contribution is 14.0. The van der Waals surface area contributed by atoms with Crippen LogP contribution in [-0.2, 0) is 6.54 Å². The van der Waals surface area contributed by atoms with Crippen LogP contribution in [0.1, 0.15) is 47.7 Å². The van der Waals surface area contributed by atoms with E-state index in [9.17, 15) is 0 Å². The normalized spacial score (nSPS) is 17.1. The van der Waals surface area contributed by atoms with E-state index in [0.717, 1.165) is 10.7 Å². The number of hydrogen-bond acceptors (Lipinski definition) is 3. The van der Waals surface area contributed by atoms with Gasteiger partial charge >= 0.3 is 0 Å². The summed E-state index contributed by atoms with van der Waals surface area (Å²) in [5.41, 5.74) is 7.01. The summed E-state index contributed by atoms with van der Waals surface area (Å²) >= 11 is 1.70. The SMILES string of the molecule is Cc1nc(CN=C(N)NC2CCCCC2)sc1C.I. The Morgan fingerprint density at radius 1 is 1.37 bits per heavy atom. The number of halogens is 1. The van der Waals surface area contributed by atoms with Crippen molar-refractivity contribution in [1.29, 1.82) is 0 Å². The topological polar surface area (TPSA) is 63.3 Å². The lowest BCUT2D eigenvalue weighted by Crippen LogP contribution is -2.41. The molecule has 1 aliphatic carbocycles. The lowest BCUT2D eigenvalue weighted by atomic mass is 9.96. The third-order valence-electron chi connectivity index (χ3n) is 3.41. The van der Waals surface area contributed by atoms with Crippen LogP contribution >= 0.6 is 35.3 Å². The Morgan fingerprint density at radius 3 is 2.63 bits per heavy atom. The molecule has 0 spiro atoms. The van der Waals surface area contributed by atoms with E-state index in [2.05, 4.69) is 22.2 Å². The van der Waals surface area contributed by atoms with Gasteiger partial charge in [0.05, 0.1) is 12.2 Å². The van der Waals surface area contributed by atoms with Crippen molar-refractivity contribution in [1.82, 2.24) is 10.3 Å². The van der Waals surface area contributed by atoms with Gasteiger partial charge in [-0.2, -0.15) is 0 Å². The number of aromatic nitrogens is 1. The van der Waals surface area contributed by atoms with Gasteiger partial charge in [0.25, 0.3) is 0 Å². The van der Waals surface area contributed by atoms with Crippen LogP contribution in [0.15, 0.2) is 4.99 Å². The van der Waals surface area contributed by atoms with Crippen molar-refractivity contribution in [3.63, 3.8) is 0 Å². The summed E-state index contributed by atoms with van der Waals surface area (Å²) in [6, 6.07) is 0.516. The maximum Gasteiger partial charge on any atom is 0.189 e. The van der Waals surface area contributed by atoms with Gasteiger partial charge in [-0.25, -0.2) is 9.98 Å². The third-order valence-corrected chi connectivity index (χ3v) is 4.47. The standard InChI is InChI=1S/C13H22N4S.HI/c1-9-10(2)18-12(16-9)8-15-13(14)17-11-6-4-3-5-7-11;/h11H,3-8H2,1-2H3,(H3,14,15,17);1H. The first-order valence-electron chi connectivity index (χ1n) is 6.64. The van der Waals surface area contributed by atoms with E-state index in [4.69, 9.17) is 5.73 Å². The molecule has 0 aromatic carbocycles. The first-order valence-corrected chi connectivity index (χ1v) is 7.46. The van der Waals surface area contributed by atoms with Crippen molar-refractivity contribution >= 4 is 41.3 Å². The van der Waals surface area contributed by atoms with Crippen molar-refractivity contribution in [3.8, 4) is 0 Å². The molecule has 0 atom stereocenters. The second-order valence-corrected chi connectivity index (χ2v) is 6.22. The molecule has 1 fully saturated rings. The average molecular weight is 394 g/mol. The fourth-order valence-electron chi connectivity index (χ4n) is 2.26. The largest absolute Gasteiger partial charge is 0.370 e. The predicted octanol–water partition coefficient (Wildman–Crippen LogP) is 3.11. The van der Waals surface area contributed by atoms with Crippen LogP contribution in [0.25, 0.3) is 0 Å². The predicted molar refractivity (Wildman–Crippen MR) is 92.3 cm³/mol. The molecule has 2 rings (SSSR count). The first kappa shape index (κ1) is 16.7. The highest BCUT2D eigenvalue weighted by Crippen LogP contribution is 2.18. The molecule has 1 aromatic heterocycles. The zero-order valence-corrected chi connectivity index (χ0v) is 14.8. The molecule has 0 bridgehead atoms. The first-order chi connectivity index (χ1) is 8.65. The van der Waals surface area contributed by atoms with E-state index in [1.54, 1.807) is 11.3 Å². The second-order valence-electron chi connectivity index (χ2n) is 4.93. The summed E-state index contributed by atoms with van der Waals surface area (Å²) in [4.78, 5) is 10.1. The Bertz CT molecular complexity index is 405. The minimum Gasteiger partial charge on any atom is -0.370 e. The van der Waals surface area contributed by atoms with Crippen LogP contribution in [-0.4, -0.2) is 17.0 Å². The van der Waals surface area contributed by atoms with E-state index in [0.29, 0.717) is 18.5 Å². The van der Waals surface area contributed by atoms with Gasteiger partial charge in [-0.1, -0.05) is 19.3 Å². The summed E-state index contributed by atoms with van der Waals surface area (Å²) in [6.45, 7) is 4.71. The Hall–Kier alpha value is -0.370. The van der Waals surface area contributed by atoms with Crippen LogP contribution in [0.3, 0.4) is 0 Å². The van der Waals surface area contributed by atoms with Gasteiger partial charge in [0.15, 0.2) is 5.96 Å². The van der Waals surface area contributed by atoms with Crippen LogP contribution in [0, 0.1) is 13.8 Å². The van der Waals surface area contributed by atoms with Gasteiger partial charge in [0.2, 0.25) is 0 Å². The fraction of sp³-hybridized carbons (Fsp3) is 0.692. The van der Waals surface area contributed by atoms with Crippen LogP contribution in [0.2, 0.25) is 0 Å². The summed E-state index contributed by atoms with van der Waals surface area (Å²) in [7, 11) is 0. The minimum atomic E-state index is 0. The van der Waals surface area contributed by atoms with Gasteiger partial charge in [0.1, 0.15) is 5.01 Å². The lowest BCUT2D eigenvalue weighted by Gasteiger charge is -2.23. The Labute approximate surface area is 136 Å². The molecule has 0 amide bonds. The monoisotopic (exact) mass is 394 g/mol. The summed E-state index contributed by atoms with van der Waals surface area (Å²) in [6.07, 6.45) is 6.38. The molecule has 0 unspecified atom stereocenters. The van der Waals surface area contributed by atoms with Crippen LogP contribution in [0.4, 0.5) is 0 Å². The Morgan fingerprint density at radius 2 is 2.05 bits per heavy atom. The molecular formula is C13H23IN4S. The minimum absolute atomic E-state index is 0. The molecule has 108 valence electrons. The molecule has 19 heavy (non-hydrogen) atoms. The van der Waals surface area contributed by atoms with E-state index in [1.165, 1.54) is 37.0 Å². The number of rotatable bonds is 3. The van der Waals surface area contributed by atoms with Crippen molar-refractivity contribution < 1.29 is 0 Å². The lowest BCUT2D eigenvalue weighted by molar-refractivity contribution is 0.412. The number of nitrogens with two attached hydrogens (primary N) is 1. The maximum atomic E-state index is 5.91. The number of aryl methyl sites for hydroxylation is 2. The van der Waals surface area contributed by atoms with Gasteiger partial charge < -0.3 is 11.1 Å². The average Bonchev–Trinajstić information content (AvgIpc) is 2.68. The van der Waals surface area contributed by atoms with Crippen LogP contribution in [0.5, 0.6) is 0 Å². The number of guanidine groups is 1. The highest BCUT2D eigenvalue weighted by Gasteiger charge is 2.13.